The summed E-state index contributed by atoms with van der Waals surface area (Å²) in [4.78, 5) is 38.7. The molecule has 0 radical (unpaired) electrons. The molecule has 140 valence electrons. The minimum Gasteiger partial charge on any atom is -0.300 e. The third-order valence-corrected chi connectivity index (χ3v) is 5.93. The van der Waals surface area contributed by atoms with E-state index in [9.17, 15) is 14.4 Å². The van der Waals surface area contributed by atoms with Crippen LogP contribution in [-0.4, -0.2) is 14.9 Å². The van der Waals surface area contributed by atoms with Crippen molar-refractivity contribution < 1.29 is 4.79 Å². The summed E-state index contributed by atoms with van der Waals surface area (Å²) in [5.74, 6) is -0.282. The molecule has 1 atom stereocenters. The van der Waals surface area contributed by atoms with Gasteiger partial charge in [0.25, 0.3) is 5.56 Å². The largest absolute Gasteiger partial charge is 0.330 e. The van der Waals surface area contributed by atoms with E-state index in [0.29, 0.717) is 18.4 Å². The number of fused-ring (bicyclic) bond motifs is 1. The van der Waals surface area contributed by atoms with E-state index in [1.54, 1.807) is 11.6 Å². The molecule has 4 rings (SSSR count). The lowest BCUT2D eigenvalue weighted by Gasteiger charge is -2.39. The highest BCUT2D eigenvalue weighted by Crippen LogP contribution is 2.47. The van der Waals surface area contributed by atoms with Crippen LogP contribution in [0.2, 0.25) is 0 Å². The molecular formula is C22H24N2O3. The molecule has 0 aliphatic heterocycles. The topological polar surface area (TPSA) is 61.1 Å². The van der Waals surface area contributed by atoms with Gasteiger partial charge in [-0.05, 0) is 17.4 Å². The summed E-state index contributed by atoms with van der Waals surface area (Å²) in [5, 5.41) is 0. The number of rotatable bonds is 1. The maximum absolute atomic E-state index is 13.2. The number of aromatic nitrogens is 2. The molecule has 0 N–H and O–H groups in total. The predicted octanol–water partition coefficient (Wildman–Crippen LogP) is 2.46. The highest BCUT2D eigenvalue weighted by molar-refractivity contribution is 6.00. The third kappa shape index (κ3) is 2.64. The zero-order valence-corrected chi connectivity index (χ0v) is 16.2. The molecule has 5 heteroatoms. The lowest BCUT2D eigenvalue weighted by atomic mass is 9.65. The van der Waals surface area contributed by atoms with E-state index in [-0.39, 0.29) is 22.4 Å². The molecule has 0 bridgehead atoms. The fourth-order valence-electron chi connectivity index (χ4n) is 4.73. The molecule has 0 saturated carbocycles. The van der Waals surface area contributed by atoms with Crippen LogP contribution in [0.1, 0.15) is 49.4 Å². The van der Waals surface area contributed by atoms with E-state index in [4.69, 9.17) is 0 Å². The number of hydrogen-bond donors (Lipinski definition) is 0. The lowest BCUT2D eigenvalue weighted by Crippen LogP contribution is -2.45. The van der Waals surface area contributed by atoms with Crippen LogP contribution in [0.25, 0.3) is 0 Å². The quantitative estimate of drug-likeness (QED) is 0.781. The van der Waals surface area contributed by atoms with Crippen molar-refractivity contribution >= 4 is 5.78 Å². The lowest BCUT2D eigenvalue weighted by molar-refractivity contribution is -0.118. The number of benzene rings is 1. The van der Waals surface area contributed by atoms with E-state index < -0.39 is 5.92 Å². The average Bonchev–Trinajstić information content (AvgIpc) is 2.62. The van der Waals surface area contributed by atoms with Crippen LogP contribution in [0.3, 0.4) is 0 Å². The van der Waals surface area contributed by atoms with Crippen molar-refractivity contribution in [2.75, 3.05) is 0 Å². The molecule has 27 heavy (non-hydrogen) atoms. The van der Waals surface area contributed by atoms with Crippen LogP contribution >= 0.6 is 0 Å². The molecule has 5 nitrogen and oxygen atoms in total. The molecule has 0 saturated heterocycles. The second-order valence-corrected chi connectivity index (χ2v) is 8.54. The summed E-state index contributed by atoms with van der Waals surface area (Å²) in [6.07, 6.45) is 1.78. The van der Waals surface area contributed by atoms with Crippen LogP contribution in [0.5, 0.6) is 0 Å². The maximum Gasteiger partial charge on any atom is 0.330 e. The zero-order valence-electron chi connectivity index (χ0n) is 16.2. The Bertz CT molecular complexity index is 1100. The molecule has 0 amide bonds. The Morgan fingerprint density at radius 3 is 2.30 bits per heavy atom. The van der Waals surface area contributed by atoms with Crippen LogP contribution in [0.4, 0.5) is 0 Å². The molecular weight excluding hydrogens is 340 g/mol. The Balaban J connectivity index is 2.08. The van der Waals surface area contributed by atoms with Crippen LogP contribution < -0.4 is 11.2 Å². The smallest absolute Gasteiger partial charge is 0.300 e. The van der Waals surface area contributed by atoms with Gasteiger partial charge in [0.05, 0.1) is 0 Å². The Labute approximate surface area is 158 Å². The van der Waals surface area contributed by atoms with E-state index in [0.717, 1.165) is 33.4 Å². The minimum atomic E-state index is -0.404. The SMILES string of the molecule is Cn1c2c(c(=O)n(C)c1=O)C(c1ccccc1)C1=C(C2)CC(C)(C)CC1=O. The van der Waals surface area contributed by atoms with Crippen molar-refractivity contribution in [2.45, 2.75) is 39.0 Å². The number of carbonyl (C=O) groups excluding carboxylic acids is 1. The van der Waals surface area contributed by atoms with Gasteiger partial charge in [-0.3, -0.25) is 18.7 Å². The molecule has 1 aromatic heterocycles. The summed E-state index contributed by atoms with van der Waals surface area (Å²) < 4.78 is 2.72. The van der Waals surface area contributed by atoms with Gasteiger partial charge in [0.2, 0.25) is 0 Å². The van der Waals surface area contributed by atoms with Gasteiger partial charge in [0.1, 0.15) is 0 Å². The molecule has 0 fully saturated rings. The number of nitrogens with zero attached hydrogens (tertiary/aromatic N) is 2. The highest BCUT2D eigenvalue weighted by atomic mass is 16.2. The summed E-state index contributed by atoms with van der Waals surface area (Å²) >= 11 is 0. The fourth-order valence-corrected chi connectivity index (χ4v) is 4.73. The Kier molecular flexibility index (Phi) is 3.88. The van der Waals surface area contributed by atoms with E-state index in [2.05, 4.69) is 13.8 Å². The van der Waals surface area contributed by atoms with Crippen molar-refractivity contribution in [3.05, 3.63) is 79.1 Å². The maximum atomic E-state index is 13.2. The van der Waals surface area contributed by atoms with Gasteiger partial charge in [-0.2, -0.15) is 0 Å². The van der Waals surface area contributed by atoms with Crippen molar-refractivity contribution in [3.8, 4) is 0 Å². The van der Waals surface area contributed by atoms with Crippen molar-refractivity contribution in [3.63, 3.8) is 0 Å². The highest BCUT2D eigenvalue weighted by Gasteiger charge is 2.42. The monoisotopic (exact) mass is 364 g/mol. The number of ketones is 1. The molecule has 1 heterocycles. The first kappa shape index (κ1) is 17.7. The predicted molar refractivity (Wildman–Crippen MR) is 104 cm³/mol. The van der Waals surface area contributed by atoms with Gasteiger partial charge in [0.15, 0.2) is 5.78 Å². The average molecular weight is 364 g/mol. The first-order valence-electron chi connectivity index (χ1n) is 9.30. The van der Waals surface area contributed by atoms with E-state index >= 15 is 0 Å². The fraction of sp³-hybridized carbons (Fsp3) is 0.409. The third-order valence-electron chi connectivity index (χ3n) is 5.93. The molecule has 2 aromatic rings. The summed E-state index contributed by atoms with van der Waals surface area (Å²) in [6.45, 7) is 4.20. The van der Waals surface area contributed by atoms with Crippen LogP contribution in [0, 0.1) is 5.41 Å². The van der Waals surface area contributed by atoms with Gasteiger partial charge in [-0.1, -0.05) is 49.8 Å². The summed E-state index contributed by atoms with van der Waals surface area (Å²) in [6, 6.07) is 9.69. The first-order chi connectivity index (χ1) is 12.7. The van der Waals surface area contributed by atoms with Gasteiger partial charge in [-0.15, -0.1) is 0 Å². The second-order valence-electron chi connectivity index (χ2n) is 8.54. The zero-order chi connectivity index (χ0) is 19.5. The summed E-state index contributed by atoms with van der Waals surface area (Å²) in [7, 11) is 3.21. The minimum absolute atomic E-state index is 0.104. The van der Waals surface area contributed by atoms with Crippen molar-refractivity contribution in [1.29, 1.82) is 0 Å². The Hall–Kier alpha value is -2.69. The normalized spacial score (nSPS) is 21.0. The molecule has 2 aliphatic carbocycles. The Morgan fingerprint density at radius 1 is 0.963 bits per heavy atom. The standard InChI is InChI=1S/C22H24N2O3/c1-22(2)11-14-10-15-19(20(26)24(4)21(27)23(15)3)18(17(14)16(25)12-22)13-8-6-5-7-9-13/h5-9,18H,10-12H2,1-4H3. The number of carbonyl (C=O) groups is 1. The molecule has 2 aliphatic rings. The number of allylic oxidation sites excluding steroid dienone is 2. The van der Waals surface area contributed by atoms with Gasteiger partial charge in [-0.25, -0.2) is 4.79 Å². The molecule has 1 unspecified atom stereocenters. The van der Waals surface area contributed by atoms with Crippen molar-refractivity contribution in [2.24, 2.45) is 19.5 Å². The van der Waals surface area contributed by atoms with Gasteiger partial charge < -0.3 is 0 Å². The van der Waals surface area contributed by atoms with Crippen LogP contribution in [0.15, 0.2) is 51.1 Å². The number of Topliss-reactive ketones (excluding diaryl/α,β-unsaturated/α-hetero) is 1. The number of hydrogen-bond acceptors (Lipinski definition) is 3. The summed E-state index contributed by atoms with van der Waals surface area (Å²) in [5.41, 5.74) is 3.34. The molecule has 1 aromatic carbocycles. The molecule has 0 spiro atoms. The van der Waals surface area contributed by atoms with E-state index in [1.165, 1.54) is 7.05 Å². The first-order valence-corrected chi connectivity index (χ1v) is 9.30. The Morgan fingerprint density at radius 2 is 1.63 bits per heavy atom. The van der Waals surface area contributed by atoms with Gasteiger partial charge >= 0.3 is 5.69 Å². The van der Waals surface area contributed by atoms with E-state index in [1.807, 2.05) is 30.3 Å². The van der Waals surface area contributed by atoms with Gasteiger partial charge in [0, 0.05) is 49.7 Å². The van der Waals surface area contributed by atoms with Crippen molar-refractivity contribution in [1.82, 2.24) is 9.13 Å². The second kappa shape index (κ2) is 5.91. The van der Waals surface area contributed by atoms with Crippen LogP contribution in [-0.2, 0) is 25.3 Å².